The fourth-order valence-electron chi connectivity index (χ4n) is 3.24. The highest BCUT2D eigenvalue weighted by atomic mass is 16.5. The molecule has 17 heavy (non-hydrogen) atoms. The Bertz CT molecular complexity index is 214. The van der Waals surface area contributed by atoms with Crippen molar-refractivity contribution in [3.8, 4) is 0 Å². The van der Waals surface area contributed by atoms with E-state index in [2.05, 4.69) is 4.90 Å². The van der Waals surface area contributed by atoms with Crippen molar-refractivity contribution in [3.63, 3.8) is 0 Å². The number of likely N-dealkylation sites (tertiary alicyclic amines) is 1. The summed E-state index contributed by atoms with van der Waals surface area (Å²) in [5.74, 6) is 0. The van der Waals surface area contributed by atoms with Gasteiger partial charge in [0.1, 0.15) is 0 Å². The van der Waals surface area contributed by atoms with Crippen LogP contribution in [0.3, 0.4) is 0 Å². The molecule has 2 heterocycles. The lowest BCUT2D eigenvalue weighted by Gasteiger charge is -2.25. The second kappa shape index (κ2) is 6.72. The molecule has 100 valence electrons. The summed E-state index contributed by atoms with van der Waals surface area (Å²) in [7, 11) is 0. The minimum absolute atomic E-state index is 0.154. The average Bonchev–Trinajstić information content (AvgIpc) is 2.90. The van der Waals surface area contributed by atoms with Gasteiger partial charge in [-0.25, -0.2) is 0 Å². The summed E-state index contributed by atoms with van der Waals surface area (Å²) in [5, 5.41) is 9.48. The van der Waals surface area contributed by atoms with Crippen LogP contribution in [0.1, 0.15) is 51.9 Å². The van der Waals surface area contributed by atoms with E-state index in [1.807, 2.05) is 6.92 Å². The lowest BCUT2D eigenvalue weighted by Crippen LogP contribution is -2.33. The molecule has 2 saturated heterocycles. The molecule has 0 amide bonds. The van der Waals surface area contributed by atoms with Crippen molar-refractivity contribution >= 4 is 0 Å². The summed E-state index contributed by atoms with van der Waals surface area (Å²) < 4.78 is 5.65. The van der Waals surface area contributed by atoms with Crippen LogP contribution in [0.5, 0.6) is 0 Å². The SMILES string of the molecule is CC(O)CC1CCCN1CCCC1CCCO1. The zero-order valence-corrected chi connectivity index (χ0v) is 11.1. The van der Waals surface area contributed by atoms with E-state index in [4.69, 9.17) is 4.74 Å². The molecule has 2 aliphatic heterocycles. The molecule has 2 rings (SSSR count). The predicted molar refractivity (Wildman–Crippen MR) is 69.1 cm³/mol. The van der Waals surface area contributed by atoms with E-state index in [1.54, 1.807) is 0 Å². The van der Waals surface area contributed by atoms with Crippen molar-refractivity contribution in [2.75, 3.05) is 19.7 Å². The molecule has 3 atom stereocenters. The van der Waals surface area contributed by atoms with Crippen molar-refractivity contribution in [1.29, 1.82) is 0 Å². The summed E-state index contributed by atoms with van der Waals surface area (Å²) in [6.07, 6.45) is 8.88. The molecule has 0 aliphatic carbocycles. The van der Waals surface area contributed by atoms with Crippen molar-refractivity contribution in [2.24, 2.45) is 0 Å². The molecular formula is C14H27NO2. The van der Waals surface area contributed by atoms with E-state index in [9.17, 15) is 5.11 Å². The van der Waals surface area contributed by atoms with Gasteiger partial charge in [-0.1, -0.05) is 0 Å². The van der Waals surface area contributed by atoms with Crippen LogP contribution in [0.25, 0.3) is 0 Å². The molecule has 0 saturated carbocycles. The molecule has 1 N–H and O–H groups in total. The number of rotatable bonds is 6. The minimum atomic E-state index is -0.154. The van der Waals surface area contributed by atoms with Crippen LogP contribution in [-0.4, -0.2) is 48.0 Å². The van der Waals surface area contributed by atoms with Gasteiger partial charge >= 0.3 is 0 Å². The summed E-state index contributed by atoms with van der Waals surface area (Å²) in [6.45, 7) is 5.29. The third-order valence-corrected chi connectivity index (χ3v) is 4.11. The molecule has 0 spiro atoms. The number of aliphatic hydroxyl groups is 1. The fourth-order valence-corrected chi connectivity index (χ4v) is 3.24. The first-order chi connectivity index (χ1) is 8.25. The lowest BCUT2D eigenvalue weighted by atomic mass is 10.1. The Hall–Kier alpha value is -0.120. The van der Waals surface area contributed by atoms with Gasteiger partial charge in [-0.05, 0) is 65.0 Å². The second-order valence-electron chi connectivity index (χ2n) is 5.69. The first-order valence-corrected chi connectivity index (χ1v) is 7.29. The normalized spacial score (nSPS) is 32.1. The van der Waals surface area contributed by atoms with Crippen LogP contribution in [0.15, 0.2) is 0 Å². The van der Waals surface area contributed by atoms with E-state index < -0.39 is 0 Å². The van der Waals surface area contributed by atoms with Gasteiger partial charge in [0.15, 0.2) is 0 Å². The van der Waals surface area contributed by atoms with Crippen LogP contribution in [0, 0.1) is 0 Å². The van der Waals surface area contributed by atoms with E-state index in [0.717, 1.165) is 13.0 Å². The van der Waals surface area contributed by atoms with Crippen LogP contribution < -0.4 is 0 Å². The highest BCUT2D eigenvalue weighted by molar-refractivity contribution is 4.80. The lowest BCUT2D eigenvalue weighted by molar-refractivity contribution is 0.0944. The number of aliphatic hydroxyl groups excluding tert-OH is 1. The van der Waals surface area contributed by atoms with E-state index in [1.165, 1.54) is 51.6 Å². The first-order valence-electron chi connectivity index (χ1n) is 7.29. The molecule has 3 unspecified atom stereocenters. The topological polar surface area (TPSA) is 32.7 Å². The Morgan fingerprint density at radius 2 is 2.24 bits per heavy atom. The smallest absolute Gasteiger partial charge is 0.0576 e. The molecule has 0 radical (unpaired) electrons. The molecule has 0 aromatic heterocycles. The quantitative estimate of drug-likeness (QED) is 0.773. The zero-order valence-electron chi connectivity index (χ0n) is 11.1. The Morgan fingerprint density at radius 1 is 1.35 bits per heavy atom. The van der Waals surface area contributed by atoms with E-state index in [-0.39, 0.29) is 6.10 Å². The number of hydrogen-bond donors (Lipinski definition) is 1. The molecule has 2 aliphatic rings. The number of ether oxygens (including phenoxy) is 1. The van der Waals surface area contributed by atoms with Crippen molar-refractivity contribution < 1.29 is 9.84 Å². The van der Waals surface area contributed by atoms with Gasteiger partial charge in [-0.3, -0.25) is 0 Å². The second-order valence-corrected chi connectivity index (χ2v) is 5.69. The van der Waals surface area contributed by atoms with Crippen molar-refractivity contribution in [1.82, 2.24) is 4.90 Å². The van der Waals surface area contributed by atoms with Gasteiger partial charge in [0.05, 0.1) is 12.2 Å². The van der Waals surface area contributed by atoms with Crippen LogP contribution in [0.4, 0.5) is 0 Å². The van der Waals surface area contributed by atoms with Gasteiger partial charge < -0.3 is 14.7 Å². The summed E-state index contributed by atoms with van der Waals surface area (Å²) in [4.78, 5) is 2.57. The van der Waals surface area contributed by atoms with Crippen LogP contribution in [0.2, 0.25) is 0 Å². The molecule has 0 bridgehead atoms. The van der Waals surface area contributed by atoms with Gasteiger partial charge in [-0.2, -0.15) is 0 Å². The summed E-state index contributed by atoms with van der Waals surface area (Å²) >= 11 is 0. The van der Waals surface area contributed by atoms with Crippen LogP contribution in [-0.2, 0) is 4.74 Å². The monoisotopic (exact) mass is 241 g/mol. The molecule has 3 nitrogen and oxygen atoms in total. The first kappa shape index (κ1) is 13.3. The largest absolute Gasteiger partial charge is 0.393 e. The van der Waals surface area contributed by atoms with E-state index in [0.29, 0.717) is 12.1 Å². The summed E-state index contributed by atoms with van der Waals surface area (Å²) in [5.41, 5.74) is 0. The third kappa shape index (κ3) is 4.23. The maximum Gasteiger partial charge on any atom is 0.0576 e. The Balaban J connectivity index is 1.63. The molecule has 3 heteroatoms. The van der Waals surface area contributed by atoms with Gasteiger partial charge in [0.25, 0.3) is 0 Å². The molecule has 0 aromatic carbocycles. The Labute approximate surface area is 105 Å². The molecule has 0 aromatic rings. The Kier molecular flexibility index (Phi) is 5.26. The Morgan fingerprint density at radius 3 is 2.94 bits per heavy atom. The molecule has 2 fully saturated rings. The number of nitrogens with zero attached hydrogens (tertiary/aromatic N) is 1. The fraction of sp³-hybridized carbons (Fsp3) is 1.00. The third-order valence-electron chi connectivity index (χ3n) is 4.11. The van der Waals surface area contributed by atoms with Gasteiger partial charge in [-0.15, -0.1) is 0 Å². The molecular weight excluding hydrogens is 214 g/mol. The van der Waals surface area contributed by atoms with Crippen LogP contribution >= 0.6 is 0 Å². The predicted octanol–water partition coefficient (Wildman–Crippen LogP) is 2.18. The maximum atomic E-state index is 9.48. The maximum absolute atomic E-state index is 9.48. The van der Waals surface area contributed by atoms with Crippen molar-refractivity contribution in [3.05, 3.63) is 0 Å². The average molecular weight is 241 g/mol. The van der Waals surface area contributed by atoms with Gasteiger partial charge in [0.2, 0.25) is 0 Å². The standard InChI is InChI=1S/C14H27NO2/c1-12(16)11-13-5-2-8-15(13)9-3-6-14-7-4-10-17-14/h12-14,16H,2-11H2,1H3. The van der Waals surface area contributed by atoms with Gasteiger partial charge in [0, 0.05) is 12.6 Å². The summed E-state index contributed by atoms with van der Waals surface area (Å²) in [6, 6.07) is 0.625. The van der Waals surface area contributed by atoms with Crippen molar-refractivity contribution in [2.45, 2.75) is 70.1 Å². The highest BCUT2D eigenvalue weighted by Gasteiger charge is 2.25. The zero-order chi connectivity index (χ0) is 12.1. The van der Waals surface area contributed by atoms with E-state index >= 15 is 0 Å². The minimum Gasteiger partial charge on any atom is -0.393 e. The highest BCUT2D eigenvalue weighted by Crippen LogP contribution is 2.23. The number of hydrogen-bond acceptors (Lipinski definition) is 3.